The molecule has 3 aromatic carbocycles. The Hall–Kier alpha value is -3.27. The Morgan fingerprint density at radius 3 is 2.23 bits per heavy atom. The second kappa shape index (κ2) is 13.2. The number of nitrogens with zero attached hydrogens (tertiary/aromatic N) is 2. The van der Waals surface area contributed by atoms with E-state index >= 15 is 0 Å². The van der Waals surface area contributed by atoms with Gasteiger partial charge in [-0.05, 0) is 68.8 Å². The molecular weight excluding hydrogens is 561 g/mol. The zero-order valence-electron chi connectivity index (χ0n) is 22.1. The molecule has 0 fully saturated rings. The topological polar surface area (TPSA) is 96.0 Å². The summed E-state index contributed by atoms with van der Waals surface area (Å²) >= 11 is 12.3. The van der Waals surface area contributed by atoms with E-state index in [1.165, 1.54) is 42.3 Å². The lowest BCUT2D eigenvalue weighted by Crippen LogP contribution is -2.52. The maximum absolute atomic E-state index is 13.9. The Balaban J connectivity index is 2.05. The van der Waals surface area contributed by atoms with Crippen LogP contribution in [0.15, 0.2) is 77.7 Å². The van der Waals surface area contributed by atoms with Crippen molar-refractivity contribution in [1.29, 1.82) is 0 Å². The highest BCUT2D eigenvalue weighted by Gasteiger charge is 2.33. The monoisotopic (exact) mass is 591 g/mol. The second-order valence-corrected chi connectivity index (χ2v) is 11.8. The highest BCUT2D eigenvalue weighted by atomic mass is 35.5. The number of anilines is 1. The van der Waals surface area contributed by atoms with Gasteiger partial charge in [0.25, 0.3) is 10.0 Å². The van der Waals surface area contributed by atoms with Crippen LogP contribution in [0.2, 0.25) is 10.0 Å². The molecular formula is C28H31Cl2N3O5S. The molecule has 0 heterocycles. The van der Waals surface area contributed by atoms with E-state index in [0.717, 1.165) is 4.31 Å². The number of methoxy groups -OCH3 is 1. The van der Waals surface area contributed by atoms with E-state index in [4.69, 9.17) is 27.9 Å². The summed E-state index contributed by atoms with van der Waals surface area (Å²) in [6.45, 7) is 4.70. The summed E-state index contributed by atoms with van der Waals surface area (Å²) in [6, 6.07) is 18.1. The molecule has 1 N–H and O–H groups in total. The minimum absolute atomic E-state index is 0.00572. The molecule has 0 bridgehead atoms. The third kappa shape index (κ3) is 7.65. The molecule has 208 valence electrons. The van der Waals surface area contributed by atoms with E-state index in [9.17, 15) is 18.0 Å². The Morgan fingerprint density at radius 2 is 1.62 bits per heavy atom. The lowest BCUT2D eigenvalue weighted by Gasteiger charge is -2.32. The molecule has 39 heavy (non-hydrogen) atoms. The summed E-state index contributed by atoms with van der Waals surface area (Å²) in [5.41, 5.74) is 0.862. The lowest BCUT2D eigenvalue weighted by atomic mass is 10.1. The molecule has 0 radical (unpaired) electrons. The number of carbonyl (C=O) groups is 2. The average Bonchev–Trinajstić information content (AvgIpc) is 2.91. The first-order valence-corrected chi connectivity index (χ1v) is 14.4. The molecule has 0 unspecified atom stereocenters. The summed E-state index contributed by atoms with van der Waals surface area (Å²) in [4.78, 5) is 28.2. The van der Waals surface area contributed by atoms with Crippen molar-refractivity contribution in [1.82, 2.24) is 10.2 Å². The number of halogens is 2. The van der Waals surface area contributed by atoms with Crippen molar-refractivity contribution < 1.29 is 22.7 Å². The first kappa shape index (κ1) is 30.3. The van der Waals surface area contributed by atoms with Crippen LogP contribution in [-0.4, -0.2) is 50.9 Å². The van der Waals surface area contributed by atoms with E-state index in [0.29, 0.717) is 11.3 Å². The number of benzene rings is 3. The minimum Gasteiger partial charge on any atom is -0.497 e. The third-order valence-electron chi connectivity index (χ3n) is 5.89. The first-order valence-electron chi connectivity index (χ1n) is 12.2. The molecule has 3 aromatic rings. The van der Waals surface area contributed by atoms with Gasteiger partial charge in [-0.1, -0.05) is 53.5 Å². The molecule has 0 aliphatic heterocycles. The van der Waals surface area contributed by atoms with Crippen molar-refractivity contribution in [3.63, 3.8) is 0 Å². The largest absolute Gasteiger partial charge is 0.497 e. The van der Waals surface area contributed by atoms with Crippen molar-refractivity contribution >= 4 is 50.7 Å². The van der Waals surface area contributed by atoms with Gasteiger partial charge in [-0.25, -0.2) is 8.42 Å². The third-order valence-corrected chi connectivity index (χ3v) is 8.41. The minimum atomic E-state index is -4.20. The number of sulfonamides is 1. The molecule has 2 amide bonds. The maximum atomic E-state index is 13.9. The normalized spacial score (nSPS) is 12.1. The Bertz CT molecular complexity index is 1420. The number of rotatable bonds is 11. The molecule has 11 heteroatoms. The highest BCUT2D eigenvalue weighted by Crippen LogP contribution is 2.31. The molecule has 0 aromatic heterocycles. The quantitative estimate of drug-likeness (QED) is 0.333. The Morgan fingerprint density at radius 1 is 0.923 bits per heavy atom. The SMILES string of the molecule is COc1cccc(CN(C(=O)CN(c2ccc(Cl)c(Cl)c2)S(=O)(=O)c2ccccc2)[C@H](C)C(=O)NC(C)C)c1. The number of hydrogen-bond acceptors (Lipinski definition) is 5. The van der Waals surface area contributed by atoms with E-state index < -0.39 is 28.5 Å². The van der Waals surface area contributed by atoms with Gasteiger partial charge in [0.2, 0.25) is 11.8 Å². The van der Waals surface area contributed by atoms with Crippen LogP contribution in [0.3, 0.4) is 0 Å². The van der Waals surface area contributed by atoms with Crippen molar-refractivity contribution in [2.75, 3.05) is 18.0 Å². The van der Waals surface area contributed by atoms with Crippen LogP contribution in [0.5, 0.6) is 5.75 Å². The van der Waals surface area contributed by atoms with Crippen LogP contribution in [-0.2, 0) is 26.2 Å². The van der Waals surface area contributed by atoms with Gasteiger partial charge in [0.1, 0.15) is 18.3 Å². The Kier molecular flexibility index (Phi) is 10.2. The predicted molar refractivity (Wildman–Crippen MR) is 154 cm³/mol. The van der Waals surface area contributed by atoms with E-state index in [-0.39, 0.29) is 39.1 Å². The predicted octanol–water partition coefficient (Wildman–Crippen LogP) is 5.14. The summed E-state index contributed by atoms with van der Waals surface area (Å²) in [7, 11) is -2.67. The van der Waals surface area contributed by atoms with E-state index in [1.54, 1.807) is 49.4 Å². The van der Waals surface area contributed by atoms with Crippen LogP contribution in [0.4, 0.5) is 5.69 Å². The van der Waals surface area contributed by atoms with Crippen LogP contribution < -0.4 is 14.4 Å². The van der Waals surface area contributed by atoms with Crippen molar-refractivity contribution in [2.45, 2.75) is 44.3 Å². The standard InChI is InChI=1S/C28H31Cl2N3O5S/c1-19(2)31-28(35)20(3)32(17-21-9-8-10-23(15-21)38-4)27(34)18-33(22-13-14-25(29)26(30)16-22)39(36,37)24-11-6-5-7-12-24/h5-16,19-20H,17-18H2,1-4H3,(H,31,35)/t20-/m1/s1. The van der Waals surface area contributed by atoms with Gasteiger partial charge >= 0.3 is 0 Å². The number of ether oxygens (including phenoxy) is 1. The zero-order chi connectivity index (χ0) is 28.7. The molecule has 0 aliphatic rings. The molecule has 3 rings (SSSR count). The van der Waals surface area contributed by atoms with Gasteiger partial charge in [-0.3, -0.25) is 13.9 Å². The van der Waals surface area contributed by atoms with E-state index in [1.807, 2.05) is 13.8 Å². The smallest absolute Gasteiger partial charge is 0.264 e. The van der Waals surface area contributed by atoms with Gasteiger partial charge in [0.15, 0.2) is 0 Å². The molecule has 1 atom stereocenters. The zero-order valence-corrected chi connectivity index (χ0v) is 24.4. The second-order valence-electron chi connectivity index (χ2n) is 9.14. The summed E-state index contributed by atoms with van der Waals surface area (Å²) in [5, 5.41) is 3.19. The van der Waals surface area contributed by atoms with Crippen molar-refractivity contribution in [3.05, 3.63) is 88.4 Å². The van der Waals surface area contributed by atoms with Crippen LogP contribution in [0, 0.1) is 0 Å². The van der Waals surface area contributed by atoms with Gasteiger partial charge in [0.05, 0.1) is 27.7 Å². The van der Waals surface area contributed by atoms with Gasteiger partial charge in [-0.2, -0.15) is 0 Å². The number of nitrogens with one attached hydrogen (secondary N) is 1. The molecule has 0 aliphatic carbocycles. The Labute approximate surface area is 239 Å². The van der Waals surface area contributed by atoms with Crippen LogP contribution >= 0.6 is 23.2 Å². The van der Waals surface area contributed by atoms with E-state index in [2.05, 4.69) is 5.32 Å². The fourth-order valence-electron chi connectivity index (χ4n) is 3.84. The lowest BCUT2D eigenvalue weighted by molar-refractivity contribution is -0.139. The first-order chi connectivity index (χ1) is 18.4. The molecule has 0 saturated carbocycles. The maximum Gasteiger partial charge on any atom is 0.264 e. The fourth-order valence-corrected chi connectivity index (χ4v) is 5.56. The van der Waals surface area contributed by atoms with Gasteiger partial charge in [-0.15, -0.1) is 0 Å². The summed E-state index contributed by atoms with van der Waals surface area (Å²) in [6.07, 6.45) is 0. The number of amides is 2. The average molecular weight is 593 g/mol. The summed E-state index contributed by atoms with van der Waals surface area (Å²) in [5.74, 6) is -0.369. The highest BCUT2D eigenvalue weighted by molar-refractivity contribution is 7.92. The molecule has 0 saturated heterocycles. The number of hydrogen-bond donors (Lipinski definition) is 1. The van der Waals surface area contributed by atoms with Crippen molar-refractivity contribution in [2.24, 2.45) is 0 Å². The molecule has 8 nitrogen and oxygen atoms in total. The van der Waals surface area contributed by atoms with Gasteiger partial charge in [0, 0.05) is 12.6 Å². The van der Waals surface area contributed by atoms with Crippen LogP contribution in [0.1, 0.15) is 26.3 Å². The van der Waals surface area contributed by atoms with Crippen LogP contribution in [0.25, 0.3) is 0 Å². The number of carbonyl (C=O) groups excluding carboxylic acids is 2. The molecule has 0 spiro atoms. The summed E-state index contributed by atoms with van der Waals surface area (Å²) < 4.78 is 33.8. The van der Waals surface area contributed by atoms with Gasteiger partial charge < -0.3 is 15.0 Å². The fraction of sp³-hybridized carbons (Fsp3) is 0.286. The van der Waals surface area contributed by atoms with Crippen molar-refractivity contribution in [3.8, 4) is 5.75 Å².